The minimum atomic E-state index is -1.33. The van der Waals surface area contributed by atoms with Crippen LogP contribution in [0.1, 0.15) is 70.5 Å². The smallest absolute Gasteiger partial charge is 0.414 e. The number of aromatic nitrogens is 1. The SMILES string of the molecule is COc1cc(OC)c(F)c(C(=O)c2oc3cnc(Nc4ccc(N5CCN(C(=O)OC(C)(C)C)C6(CC6)C5)cc4[N+](=O)[O-])cc3c2N(C)C(=O)OC(C)(C)C)c1F. The first kappa shape index (κ1) is 40.5. The van der Waals surface area contributed by atoms with Gasteiger partial charge in [0.2, 0.25) is 5.78 Å². The Labute approximate surface area is 326 Å². The topological polar surface area (TPSA) is 179 Å². The molecule has 1 aliphatic heterocycles. The Balaban J connectivity index is 1.36. The summed E-state index contributed by atoms with van der Waals surface area (Å²) in [7, 11) is 3.54. The van der Waals surface area contributed by atoms with Crippen molar-refractivity contribution in [2.75, 3.05) is 56.0 Å². The molecule has 1 spiro atoms. The Kier molecular flexibility index (Phi) is 10.4. The number of anilines is 4. The number of furan rings is 1. The summed E-state index contributed by atoms with van der Waals surface area (Å²) in [5, 5.41) is 15.5. The fraction of sp³-hybridized carbons (Fsp3) is 0.436. The van der Waals surface area contributed by atoms with E-state index >= 15 is 8.78 Å². The zero-order valence-corrected chi connectivity index (χ0v) is 33.1. The first-order valence-corrected chi connectivity index (χ1v) is 18.0. The number of piperazine rings is 1. The Morgan fingerprint density at radius 3 is 2.16 bits per heavy atom. The minimum absolute atomic E-state index is 0.0420. The van der Waals surface area contributed by atoms with Gasteiger partial charge in [0.25, 0.3) is 5.69 Å². The zero-order valence-electron chi connectivity index (χ0n) is 33.1. The highest BCUT2D eigenvalue weighted by Crippen LogP contribution is 2.47. The van der Waals surface area contributed by atoms with Crippen molar-refractivity contribution in [3.63, 3.8) is 0 Å². The number of hydrogen-bond donors (Lipinski definition) is 1. The van der Waals surface area contributed by atoms with E-state index in [1.807, 2.05) is 25.7 Å². The van der Waals surface area contributed by atoms with E-state index in [0.717, 1.165) is 38.0 Å². The number of benzene rings is 2. The molecule has 0 bridgehead atoms. The Morgan fingerprint density at radius 2 is 1.60 bits per heavy atom. The highest BCUT2D eigenvalue weighted by atomic mass is 19.1. The molecule has 0 unspecified atom stereocenters. The van der Waals surface area contributed by atoms with E-state index < -0.39 is 68.0 Å². The molecule has 1 saturated heterocycles. The number of fused-ring (bicyclic) bond motifs is 1. The second-order valence-corrected chi connectivity index (χ2v) is 15.9. The molecule has 3 heterocycles. The fourth-order valence-electron chi connectivity index (χ4n) is 6.65. The molecule has 304 valence electrons. The van der Waals surface area contributed by atoms with Gasteiger partial charge in [-0.05, 0) is 72.6 Å². The number of carbonyl (C=O) groups is 3. The molecule has 1 aliphatic carbocycles. The molecule has 1 N–H and O–H groups in total. The van der Waals surface area contributed by atoms with E-state index in [1.54, 1.807) is 31.7 Å². The van der Waals surface area contributed by atoms with E-state index in [4.69, 9.17) is 23.4 Å². The minimum Gasteiger partial charge on any atom is -0.494 e. The molecule has 57 heavy (non-hydrogen) atoms. The number of nitro groups is 1. The van der Waals surface area contributed by atoms with Crippen LogP contribution in [-0.4, -0.2) is 90.4 Å². The van der Waals surface area contributed by atoms with E-state index in [-0.39, 0.29) is 39.9 Å². The number of nitrogens with zero attached hydrogens (tertiary/aromatic N) is 5. The van der Waals surface area contributed by atoms with Gasteiger partial charge in [0, 0.05) is 44.5 Å². The lowest BCUT2D eigenvalue weighted by atomic mass is 10.0. The third kappa shape index (κ3) is 8.06. The van der Waals surface area contributed by atoms with Gasteiger partial charge in [0.05, 0.1) is 36.3 Å². The summed E-state index contributed by atoms with van der Waals surface area (Å²) in [6.07, 6.45) is 1.44. The van der Waals surface area contributed by atoms with Crippen LogP contribution in [0.15, 0.2) is 40.9 Å². The molecule has 6 rings (SSSR count). The van der Waals surface area contributed by atoms with Crippen LogP contribution in [0.25, 0.3) is 11.0 Å². The summed E-state index contributed by atoms with van der Waals surface area (Å²) in [6.45, 7) is 11.6. The lowest BCUT2D eigenvalue weighted by Crippen LogP contribution is -2.58. The van der Waals surface area contributed by atoms with E-state index in [1.165, 1.54) is 31.4 Å². The maximum atomic E-state index is 15.6. The third-order valence-corrected chi connectivity index (χ3v) is 9.46. The standard InChI is InChI=1S/C39H44F2N6O10/c1-37(2,3)56-35(49)44(7)32-22-17-28(42-19-27(22)55-34(32)33(48)29-30(40)25(53-8)18-26(54-9)31(29)41)43-23-11-10-21(16-24(23)47(51)52)45-14-15-46(39(20-45)12-13-39)36(50)57-38(4,5)6/h10-11,16-19H,12-15,20H2,1-9H3,(H,42,43). The van der Waals surface area contributed by atoms with Gasteiger partial charge in [-0.2, -0.15) is 0 Å². The van der Waals surface area contributed by atoms with Gasteiger partial charge in [0.1, 0.15) is 34.0 Å². The molecule has 2 aromatic heterocycles. The fourth-order valence-corrected chi connectivity index (χ4v) is 6.65. The number of hydrogen-bond acceptors (Lipinski definition) is 13. The maximum Gasteiger partial charge on any atom is 0.414 e. The molecule has 18 heteroatoms. The number of pyridine rings is 1. The van der Waals surface area contributed by atoms with Crippen LogP contribution in [0, 0.1) is 21.7 Å². The molecular formula is C39H44F2N6O10. The van der Waals surface area contributed by atoms with Crippen LogP contribution < -0.4 is 24.6 Å². The van der Waals surface area contributed by atoms with Crippen molar-refractivity contribution in [3.8, 4) is 11.5 Å². The second-order valence-electron chi connectivity index (χ2n) is 15.9. The molecule has 2 aliphatic rings. The Bertz CT molecular complexity index is 2250. The number of ketones is 1. The molecule has 4 aromatic rings. The first-order valence-electron chi connectivity index (χ1n) is 18.0. The predicted molar refractivity (Wildman–Crippen MR) is 205 cm³/mol. The average Bonchev–Trinajstić information content (AvgIpc) is 3.77. The third-order valence-electron chi connectivity index (χ3n) is 9.46. The number of nitro benzene ring substituents is 1. The number of ether oxygens (including phenoxy) is 4. The van der Waals surface area contributed by atoms with Crippen LogP contribution in [0.5, 0.6) is 11.5 Å². The van der Waals surface area contributed by atoms with Crippen LogP contribution in [0.4, 0.5) is 46.9 Å². The number of carbonyl (C=O) groups excluding carboxylic acids is 3. The van der Waals surface area contributed by atoms with Crippen LogP contribution in [0.2, 0.25) is 0 Å². The number of rotatable bonds is 9. The molecule has 0 radical (unpaired) electrons. The summed E-state index contributed by atoms with van der Waals surface area (Å²) in [5.41, 5.74) is -3.02. The van der Waals surface area contributed by atoms with Gasteiger partial charge in [-0.25, -0.2) is 23.4 Å². The normalized spacial score (nSPS) is 15.0. The van der Waals surface area contributed by atoms with Gasteiger partial charge < -0.3 is 33.6 Å². The lowest BCUT2D eigenvalue weighted by Gasteiger charge is -2.43. The average molecular weight is 795 g/mol. The van der Waals surface area contributed by atoms with Gasteiger partial charge in [-0.3, -0.25) is 24.7 Å². The van der Waals surface area contributed by atoms with Crippen molar-refractivity contribution >= 4 is 57.5 Å². The zero-order chi connectivity index (χ0) is 41.8. The highest BCUT2D eigenvalue weighted by Gasteiger charge is 2.54. The molecule has 16 nitrogen and oxygen atoms in total. The number of amides is 2. The maximum absolute atomic E-state index is 15.6. The van der Waals surface area contributed by atoms with Crippen molar-refractivity contribution in [2.24, 2.45) is 0 Å². The summed E-state index contributed by atoms with van der Waals surface area (Å²) in [4.78, 5) is 61.3. The van der Waals surface area contributed by atoms with Crippen LogP contribution in [-0.2, 0) is 9.47 Å². The quantitative estimate of drug-likeness (QED) is 0.0981. The summed E-state index contributed by atoms with van der Waals surface area (Å²) in [6, 6.07) is 6.99. The number of halogens is 2. The van der Waals surface area contributed by atoms with Crippen molar-refractivity contribution in [1.82, 2.24) is 9.88 Å². The molecule has 2 amide bonds. The number of nitrogens with one attached hydrogen (secondary N) is 1. The second kappa shape index (κ2) is 14.7. The van der Waals surface area contributed by atoms with Crippen molar-refractivity contribution in [1.29, 1.82) is 0 Å². The monoisotopic (exact) mass is 794 g/mol. The van der Waals surface area contributed by atoms with E-state index in [0.29, 0.717) is 25.3 Å². The van der Waals surface area contributed by atoms with Crippen molar-refractivity contribution in [3.05, 3.63) is 69.6 Å². The summed E-state index contributed by atoms with van der Waals surface area (Å²) < 4.78 is 58.1. The first-order chi connectivity index (χ1) is 26.7. The Hall–Kier alpha value is -6.20. The number of methoxy groups -OCH3 is 2. The molecular weight excluding hydrogens is 750 g/mol. The Morgan fingerprint density at radius 1 is 0.965 bits per heavy atom. The molecule has 1 saturated carbocycles. The van der Waals surface area contributed by atoms with Gasteiger partial charge in [-0.1, -0.05) is 0 Å². The molecule has 2 fully saturated rings. The molecule has 0 atom stereocenters. The van der Waals surface area contributed by atoms with Gasteiger partial charge >= 0.3 is 12.2 Å². The largest absolute Gasteiger partial charge is 0.494 e. The molecule has 2 aromatic carbocycles. The van der Waals surface area contributed by atoms with E-state index in [9.17, 15) is 24.5 Å². The van der Waals surface area contributed by atoms with Crippen LogP contribution in [0.3, 0.4) is 0 Å². The van der Waals surface area contributed by atoms with Crippen LogP contribution >= 0.6 is 0 Å². The van der Waals surface area contributed by atoms with Gasteiger partial charge in [0.15, 0.2) is 34.5 Å². The highest BCUT2D eigenvalue weighted by molar-refractivity contribution is 6.17. The van der Waals surface area contributed by atoms with Crippen molar-refractivity contribution < 1.29 is 51.5 Å². The van der Waals surface area contributed by atoms with Crippen molar-refractivity contribution in [2.45, 2.75) is 71.1 Å². The summed E-state index contributed by atoms with van der Waals surface area (Å²) in [5.74, 6) is -5.51. The summed E-state index contributed by atoms with van der Waals surface area (Å²) >= 11 is 0. The van der Waals surface area contributed by atoms with Gasteiger partial charge in [-0.15, -0.1) is 0 Å². The lowest BCUT2D eigenvalue weighted by molar-refractivity contribution is -0.383. The predicted octanol–water partition coefficient (Wildman–Crippen LogP) is 7.97. The van der Waals surface area contributed by atoms with E-state index in [2.05, 4.69) is 10.3 Å².